The van der Waals surface area contributed by atoms with E-state index in [9.17, 15) is 18.4 Å². The number of nitrogens with one attached hydrogen (secondary N) is 2. The van der Waals surface area contributed by atoms with Gasteiger partial charge in [0.25, 0.3) is 5.91 Å². The molecular formula is C20H22F2N2O2. The second-order valence-electron chi connectivity index (χ2n) is 6.18. The van der Waals surface area contributed by atoms with Crippen LogP contribution in [-0.2, 0) is 4.79 Å². The molecule has 0 aliphatic carbocycles. The van der Waals surface area contributed by atoms with Crippen LogP contribution < -0.4 is 10.6 Å². The molecule has 2 aromatic rings. The van der Waals surface area contributed by atoms with Gasteiger partial charge in [0, 0.05) is 19.0 Å². The van der Waals surface area contributed by atoms with Crippen LogP contribution in [0.3, 0.4) is 0 Å². The summed E-state index contributed by atoms with van der Waals surface area (Å²) in [5.41, 5.74) is 1.95. The maximum absolute atomic E-state index is 13.5. The standard InChI is InChI=1S/C20H22F2N2O2/c1-13-5-7-15(8-6-13)14(2)24-19(25)4-3-11-23-20(26)17-10-9-16(21)12-18(17)22/h5-10,12,14H,3-4,11H2,1-2H3,(H,23,26)(H,24,25). The van der Waals surface area contributed by atoms with E-state index in [-0.39, 0.29) is 30.5 Å². The van der Waals surface area contributed by atoms with Gasteiger partial charge < -0.3 is 10.6 Å². The number of hydrogen-bond donors (Lipinski definition) is 2. The van der Waals surface area contributed by atoms with E-state index in [1.54, 1.807) is 0 Å². The Labute approximate surface area is 151 Å². The van der Waals surface area contributed by atoms with Gasteiger partial charge in [-0.05, 0) is 38.0 Å². The van der Waals surface area contributed by atoms with Crippen molar-refractivity contribution in [1.82, 2.24) is 10.6 Å². The summed E-state index contributed by atoms with van der Waals surface area (Å²) in [4.78, 5) is 23.8. The Balaban J connectivity index is 1.72. The van der Waals surface area contributed by atoms with E-state index in [0.717, 1.165) is 23.3 Å². The third kappa shape index (κ3) is 5.65. The fourth-order valence-corrected chi connectivity index (χ4v) is 2.47. The van der Waals surface area contributed by atoms with Gasteiger partial charge in [0.1, 0.15) is 11.6 Å². The number of aryl methyl sites for hydroxylation is 1. The number of carbonyl (C=O) groups is 2. The van der Waals surface area contributed by atoms with Crippen LogP contribution in [0.2, 0.25) is 0 Å². The summed E-state index contributed by atoms with van der Waals surface area (Å²) in [5.74, 6) is -2.40. The SMILES string of the molecule is Cc1ccc(C(C)NC(=O)CCCNC(=O)c2ccc(F)cc2F)cc1. The van der Waals surface area contributed by atoms with Crippen molar-refractivity contribution < 1.29 is 18.4 Å². The van der Waals surface area contributed by atoms with Gasteiger partial charge in [0.15, 0.2) is 0 Å². The maximum Gasteiger partial charge on any atom is 0.254 e. The fraction of sp³-hybridized carbons (Fsp3) is 0.300. The lowest BCUT2D eigenvalue weighted by atomic mass is 10.1. The summed E-state index contributed by atoms with van der Waals surface area (Å²) in [6.07, 6.45) is 0.656. The van der Waals surface area contributed by atoms with Gasteiger partial charge in [-0.15, -0.1) is 0 Å². The van der Waals surface area contributed by atoms with Crippen LogP contribution in [0.25, 0.3) is 0 Å². The summed E-state index contributed by atoms with van der Waals surface area (Å²) >= 11 is 0. The Morgan fingerprint density at radius 2 is 1.77 bits per heavy atom. The first-order valence-electron chi connectivity index (χ1n) is 8.46. The van der Waals surface area contributed by atoms with Crippen LogP contribution in [0.4, 0.5) is 8.78 Å². The van der Waals surface area contributed by atoms with E-state index in [0.29, 0.717) is 12.5 Å². The van der Waals surface area contributed by atoms with Crippen LogP contribution in [0.1, 0.15) is 47.3 Å². The highest BCUT2D eigenvalue weighted by molar-refractivity contribution is 5.94. The molecule has 0 heterocycles. The van der Waals surface area contributed by atoms with Crippen molar-refractivity contribution in [2.45, 2.75) is 32.7 Å². The molecule has 0 aliphatic rings. The normalized spacial score (nSPS) is 11.7. The van der Waals surface area contributed by atoms with Crippen LogP contribution in [0.15, 0.2) is 42.5 Å². The Hall–Kier alpha value is -2.76. The first kappa shape index (κ1) is 19.6. The Morgan fingerprint density at radius 1 is 1.08 bits per heavy atom. The van der Waals surface area contributed by atoms with E-state index in [2.05, 4.69) is 10.6 Å². The predicted octanol–water partition coefficient (Wildman–Crippen LogP) is 3.66. The number of rotatable bonds is 7. The Bertz CT molecular complexity index is 776. The average Bonchev–Trinajstić information content (AvgIpc) is 2.59. The number of benzene rings is 2. The molecule has 2 N–H and O–H groups in total. The lowest BCUT2D eigenvalue weighted by molar-refractivity contribution is -0.121. The number of halogens is 2. The lowest BCUT2D eigenvalue weighted by Crippen LogP contribution is -2.29. The highest BCUT2D eigenvalue weighted by Crippen LogP contribution is 2.13. The first-order valence-corrected chi connectivity index (χ1v) is 8.46. The van der Waals surface area contributed by atoms with E-state index >= 15 is 0 Å². The van der Waals surface area contributed by atoms with E-state index in [4.69, 9.17) is 0 Å². The molecular weight excluding hydrogens is 338 g/mol. The molecule has 0 spiro atoms. The number of carbonyl (C=O) groups excluding carboxylic acids is 2. The van der Waals surface area contributed by atoms with Gasteiger partial charge in [-0.1, -0.05) is 29.8 Å². The Morgan fingerprint density at radius 3 is 2.42 bits per heavy atom. The van der Waals surface area contributed by atoms with Crippen molar-refractivity contribution in [3.05, 3.63) is 70.8 Å². The zero-order chi connectivity index (χ0) is 19.1. The molecule has 2 amide bonds. The van der Waals surface area contributed by atoms with Gasteiger partial charge in [0.2, 0.25) is 5.91 Å². The molecule has 0 saturated carbocycles. The van der Waals surface area contributed by atoms with Gasteiger partial charge in [-0.25, -0.2) is 8.78 Å². The zero-order valence-corrected chi connectivity index (χ0v) is 14.8. The minimum atomic E-state index is -0.910. The lowest BCUT2D eigenvalue weighted by Gasteiger charge is -2.14. The first-order chi connectivity index (χ1) is 12.4. The highest BCUT2D eigenvalue weighted by atomic mass is 19.1. The summed E-state index contributed by atoms with van der Waals surface area (Å²) in [6.45, 7) is 4.13. The van der Waals surface area contributed by atoms with Crippen molar-refractivity contribution in [3.63, 3.8) is 0 Å². The quantitative estimate of drug-likeness (QED) is 0.741. The highest BCUT2D eigenvalue weighted by Gasteiger charge is 2.13. The van der Waals surface area contributed by atoms with Gasteiger partial charge in [0.05, 0.1) is 11.6 Å². The third-order valence-corrected chi connectivity index (χ3v) is 4.00. The molecule has 1 unspecified atom stereocenters. The largest absolute Gasteiger partial charge is 0.352 e. The summed E-state index contributed by atoms with van der Waals surface area (Å²) in [5, 5.41) is 5.42. The molecule has 2 aromatic carbocycles. The van der Waals surface area contributed by atoms with Crippen molar-refractivity contribution in [1.29, 1.82) is 0 Å². The second kappa shape index (κ2) is 9.08. The van der Waals surface area contributed by atoms with Crippen molar-refractivity contribution in [2.24, 2.45) is 0 Å². The maximum atomic E-state index is 13.5. The van der Waals surface area contributed by atoms with Crippen molar-refractivity contribution in [3.8, 4) is 0 Å². The average molecular weight is 360 g/mol. The van der Waals surface area contributed by atoms with Gasteiger partial charge in [-0.3, -0.25) is 9.59 Å². The molecule has 2 rings (SSSR count). The zero-order valence-electron chi connectivity index (χ0n) is 14.8. The molecule has 1 atom stereocenters. The predicted molar refractivity (Wildman–Crippen MR) is 95.7 cm³/mol. The molecule has 0 aliphatic heterocycles. The molecule has 0 radical (unpaired) electrons. The smallest absolute Gasteiger partial charge is 0.254 e. The summed E-state index contributed by atoms with van der Waals surface area (Å²) in [6, 6.07) is 10.6. The van der Waals surface area contributed by atoms with Crippen LogP contribution >= 0.6 is 0 Å². The Kier molecular flexibility index (Phi) is 6.83. The topological polar surface area (TPSA) is 58.2 Å². The molecule has 6 heteroatoms. The summed E-state index contributed by atoms with van der Waals surface area (Å²) in [7, 11) is 0. The van der Waals surface area contributed by atoms with Gasteiger partial charge in [-0.2, -0.15) is 0 Å². The molecule has 4 nitrogen and oxygen atoms in total. The molecule has 0 bridgehead atoms. The van der Waals surface area contributed by atoms with Crippen LogP contribution in [-0.4, -0.2) is 18.4 Å². The van der Waals surface area contributed by atoms with Gasteiger partial charge >= 0.3 is 0 Å². The molecule has 0 fully saturated rings. The van der Waals surface area contributed by atoms with E-state index < -0.39 is 17.5 Å². The van der Waals surface area contributed by atoms with E-state index in [1.807, 2.05) is 38.1 Å². The second-order valence-corrected chi connectivity index (χ2v) is 6.18. The fourth-order valence-electron chi connectivity index (χ4n) is 2.47. The van der Waals surface area contributed by atoms with E-state index in [1.165, 1.54) is 0 Å². The minimum Gasteiger partial charge on any atom is -0.352 e. The van der Waals surface area contributed by atoms with Crippen LogP contribution in [0, 0.1) is 18.6 Å². The molecule has 0 aromatic heterocycles. The van der Waals surface area contributed by atoms with Crippen molar-refractivity contribution in [2.75, 3.05) is 6.54 Å². The van der Waals surface area contributed by atoms with Crippen molar-refractivity contribution >= 4 is 11.8 Å². The molecule has 26 heavy (non-hydrogen) atoms. The number of hydrogen-bond acceptors (Lipinski definition) is 2. The van der Waals surface area contributed by atoms with Crippen LogP contribution in [0.5, 0.6) is 0 Å². The number of amides is 2. The third-order valence-electron chi connectivity index (χ3n) is 4.00. The monoisotopic (exact) mass is 360 g/mol. The minimum absolute atomic E-state index is 0.106. The molecule has 138 valence electrons. The molecule has 0 saturated heterocycles. The summed E-state index contributed by atoms with van der Waals surface area (Å²) < 4.78 is 26.3.